The van der Waals surface area contributed by atoms with Crippen molar-refractivity contribution in [3.05, 3.63) is 89.0 Å². The summed E-state index contributed by atoms with van der Waals surface area (Å²) in [6.07, 6.45) is -5.91. The Morgan fingerprint density at radius 1 is 1.06 bits per heavy atom. The highest BCUT2D eigenvalue weighted by molar-refractivity contribution is 5.78. The molecule has 188 valence electrons. The van der Waals surface area contributed by atoms with Crippen LogP contribution in [0.25, 0.3) is 11.1 Å². The first-order valence-corrected chi connectivity index (χ1v) is 11.2. The monoisotopic (exact) mass is 499 g/mol. The SMILES string of the molecule is COC(=O)Cc1ccc(O)c(-c2ccc(C(F)(F)F)cc2CN2C(=O)OC(c3ccccc3)C2C)c1. The van der Waals surface area contributed by atoms with E-state index in [1.165, 1.54) is 36.3 Å². The van der Waals surface area contributed by atoms with Gasteiger partial charge < -0.3 is 14.6 Å². The summed E-state index contributed by atoms with van der Waals surface area (Å²) in [5, 5.41) is 10.5. The van der Waals surface area contributed by atoms with E-state index in [2.05, 4.69) is 4.74 Å². The van der Waals surface area contributed by atoms with Gasteiger partial charge in [-0.2, -0.15) is 13.2 Å². The largest absolute Gasteiger partial charge is 0.507 e. The second-order valence-corrected chi connectivity index (χ2v) is 8.56. The maximum Gasteiger partial charge on any atom is 0.416 e. The molecule has 0 bridgehead atoms. The van der Waals surface area contributed by atoms with E-state index in [1.54, 1.807) is 6.92 Å². The lowest BCUT2D eigenvalue weighted by Gasteiger charge is -2.23. The molecule has 4 rings (SSSR count). The Morgan fingerprint density at radius 2 is 1.78 bits per heavy atom. The van der Waals surface area contributed by atoms with Crippen molar-refractivity contribution in [2.24, 2.45) is 0 Å². The van der Waals surface area contributed by atoms with Gasteiger partial charge in [0, 0.05) is 5.56 Å². The minimum atomic E-state index is -4.61. The summed E-state index contributed by atoms with van der Waals surface area (Å²) in [7, 11) is 1.25. The Hall–Kier alpha value is -4.01. The molecule has 2 atom stereocenters. The number of rotatable bonds is 6. The number of benzene rings is 3. The van der Waals surface area contributed by atoms with Gasteiger partial charge in [-0.15, -0.1) is 0 Å². The number of amides is 1. The van der Waals surface area contributed by atoms with Crippen LogP contribution in [0.2, 0.25) is 0 Å². The summed E-state index contributed by atoms with van der Waals surface area (Å²) in [5.41, 5.74) is 1.12. The van der Waals surface area contributed by atoms with Crippen LogP contribution in [-0.2, 0) is 33.4 Å². The first kappa shape index (κ1) is 25.1. The molecule has 1 heterocycles. The predicted octanol–water partition coefficient (Wildman–Crippen LogP) is 5.88. The second-order valence-electron chi connectivity index (χ2n) is 8.56. The van der Waals surface area contributed by atoms with E-state index in [1.807, 2.05) is 30.3 Å². The summed E-state index contributed by atoms with van der Waals surface area (Å²) in [6.45, 7) is 1.59. The zero-order chi connectivity index (χ0) is 26.0. The van der Waals surface area contributed by atoms with Gasteiger partial charge in [-0.25, -0.2) is 4.79 Å². The van der Waals surface area contributed by atoms with Crippen LogP contribution in [0.5, 0.6) is 5.75 Å². The standard InChI is InChI=1S/C27H24F3NO5/c1-16-25(18-6-4-3-5-7-18)36-26(34)31(16)15-19-14-20(27(28,29)30)9-10-21(19)22-12-17(8-11-23(22)32)13-24(33)35-2/h3-12,14,16,25,32H,13,15H2,1-2H3. The highest BCUT2D eigenvalue weighted by Crippen LogP contribution is 2.39. The van der Waals surface area contributed by atoms with Gasteiger partial charge in [-0.1, -0.05) is 42.5 Å². The molecule has 6 nitrogen and oxygen atoms in total. The van der Waals surface area contributed by atoms with Crippen LogP contribution >= 0.6 is 0 Å². The van der Waals surface area contributed by atoms with E-state index in [9.17, 15) is 27.9 Å². The number of aromatic hydroxyl groups is 1. The van der Waals surface area contributed by atoms with E-state index >= 15 is 0 Å². The maximum absolute atomic E-state index is 13.6. The number of cyclic esters (lactones) is 1. The van der Waals surface area contributed by atoms with Crippen LogP contribution in [0.1, 0.15) is 35.3 Å². The molecule has 0 radical (unpaired) electrons. The number of ether oxygens (including phenoxy) is 2. The van der Waals surface area contributed by atoms with Crippen LogP contribution in [0, 0.1) is 0 Å². The van der Waals surface area contributed by atoms with Crippen LogP contribution in [0.15, 0.2) is 66.7 Å². The summed E-state index contributed by atoms with van der Waals surface area (Å²) in [6, 6.07) is 16.2. The van der Waals surface area contributed by atoms with Gasteiger partial charge in [0.25, 0.3) is 0 Å². The molecule has 1 aliphatic heterocycles. The quantitative estimate of drug-likeness (QED) is 0.429. The third-order valence-corrected chi connectivity index (χ3v) is 6.22. The Labute approximate surface area is 205 Å². The van der Waals surface area contributed by atoms with Gasteiger partial charge in [0.15, 0.2) is 0 Å². The van der Waals surface area contributed by atoms with Crippen molar-refractivity contribution in [1.82, 2.24) is 4.90 Å². The third-order valence-electron chi connectivity index (χ3n) is 6.22. The normalized spacial score (nSPS) is 17.7. The van der Waals surface area contributed by atoms with E-state index in [0.29, 0.717) is 11.1 Å². The number of nitrogens with zero attached hydrogens (tertiary/aromatic N) is 1. The van der Waals surface area contributed by atoms with Crippen molar-refractivity contribution in [2.75, 3.05) is 7.11 Å². The molecule has 1 amide bonds. The van der Waals surface area contributed by atoms with Gasteiger partial charge >= 0.3 is 18.2 Å². The molecule has 0 spiro atoms. The third kappa shape index (κ3) is 5.15. The first-order valence-electron chi connectivity index (χ1n) is 11.2. The molecule has 9 heteroatoms. The number of hydrogen-bond donors (Lipinski definition) is 1. The highest BCUT2D eigenvalue weighted by Gasteiger charge is 2.40. The number of carbonyl (C=O) groups excluding carboxylic acids is 2. The topological polar surface area (TPSA) is 76.1 Å². The average molecular weight is 499 g/mol. The molecular weight excluding hydrogens is 475 g/mol. The lowest BCUT2D eigenvalue weighted by molar-refractivity contribution is -0.140. The molecule has 1 N–H and O–H groups in total. The highest BCUT2D eigenvalue weighted by atomic mass is 19.4. The van der Waals surface area contributed by atoms with Crippen molar-refractivity contribution >= 4 is 12.1 Å². The van der Waals surface area contributed by atoms with Gasteiger partial charge in [0.2, 0.25) is 0 Å². The fraction of sp³-hybridized carbons (Fsp3) is 0.259. The fourth-order valence-corrected chi connectivity index (χ4v) is 4.30. The smallest absolute Gasteiger partial charge is 0.416 e. The van der Waals surface area contributed by atoms with Crippen molar-refractivity contribution in [1.29, 1.82) is 0 Å². The number of carbonyl (C=O) groups is 2. The molecule has 2 unspecified atom stereocenters. The molecule has 0 saturated carbocycles. The molecule has 1 saturated heterocycles. The van der Waals surface area contributed by atoms with Crippen molar-refractivity contribution in [3.63, 3.8) is 0 Å². The van der Waals surface area contributed by atoms with Crippen LogP contribution in [0.4, 0.5) is 18.0 Å². The fourth-order valence-electron chi connectivity index (χ4n) is 4.30. The number of phenols is 1. The van der Waals surface area contributed by atoms with E-state index in [4.69, 9.17) is 4.74 Å². The van der Waals surface area contributed by atoms with E-state index < -0.39 is 35.9 Å². The first-order chi connectivity index (χ1) is 17.1. The molecule has 0 aliphatic carbocycles. The summed E-state index contributed by atoms with van der Waals surface area (Å²) in [4.78, 5) is 25.8. The second kappa shape index (κ2) is 9.93. The number of phenolic OH excluding ortho intramolecular Hbond substituents is 1. The summed E-state index contributed by atoms with van der Waals surface area (Å²) < 4.78 is 50.9. The number of halogens is 3. The van der Waals surface area contributed by atoms with Crippen molar-refractivity contribution < 1.29 is 37.3 Å². The number of hydrogen-bond acceptors (Lipinski definition) is 5. The van der Waals surface area contributed by atoms with E-state index in [0.717, 1.165) is 17.7 Å². The molecule has 1 fully saturated rings. The van der Waals surface area contributed by atoms with Crippen molar-refractivity contribution in [3.8, 4) is 16.9 Å². The van der Waals surface area contributed by atoms with Gasteiger partial charge in [0.1, 0.15) is 11.9 Å². The number of alkyl halides is 3. The molecular formula is C27H24F3NO5. The molecule has 1 aliphatic rings. The lowest BCUT2D eigenvalue weighted by Crippen LogP contribution is -2.31. The van der Waals surface area contributed by atoms with Gasteiger partial charge in [-0.05, 0) is 53.4 Å². The van der Waals surface area contributed by atoms with Crippen LogP contribution < -0.4 is 0 Å². The Bertz CT molecular complexity index is 1280. The minimum absolute atomic E-state index is 0.0754. The Morgan fingerprint density at radius 3 is 2.44 bits per heavy atom. The minimum Gasteiger partial charge on any atom is -0.507 e. The Kier molecular flexibility index (Phi) is 6.92. The van der Waals surface area contributed by atoms with Crippen LogP contribution in [0.3, 0.4) is 0 Å². The van der Waals surface area contributed by atoms with Gasteiger partial charge in [-0.3, -0.25) is 9.69 Å². The summed E-state index contributed by atoms with van der Waals surface area (Å²) >= 11 is 0. The zero-order valence-electron chi connectivity index (χ0n) is 19.6. The van der Waals surface area contributed by atoms with Crippen molar-refractivity contribution in [2.45, 2.75) is 38.2 Å². The lowest BCUT2D eigenvalue weighted by atomic mass is 9.94. The number of methoxy groups -OCH3 is 1. The average Bonchev–Trinajstić information content (AvgIpc) is 3.13. The molecule has 3 aromatic carbocycles. The maximum atomic E-state index is 13.6. The summed E-state index contributed by atoms with van der Waals surface area (Å²) in [5.74, 6) is -0.677. The van der Waals surface area contributed by atoms with Crippen LogP contribution in [-0.4, -0.2) is 35.2 Å². The van der Waals surface area contributed by atoms with Gasteiger partial charge in [0.05, 0.1) is 31.7 Å². The molecule has 36 heavy (non-hydrogen) atoms. The number of esters is 1. The van der Waals surface area contributed by atoms with E-state index in [-0.39, 0.29) is 29.8 Å². The molecule has 3 aromatic rings. The zero-order valence-corrected chi connectivity index (χ0v) is 19.6. The predicted molar refractivity (Wildman–Crippen MR) is 125 cm³/mol. The molecule has 0 aromatic heterocycles. The Balaban J connectivity index is 1.74.